The standard InChI is InChI=1S/C21H21NO2/c1-2-13-7-5-11-15-14-10-6-12-16(14)20(22-19(13)15)17-8-3-4-9-18(17)21(23)24/h3-11,14,16,20,22H,2,12H2,1H3,(H,23,24)/t14-,16-,20-/m0/s1. The van der Waals surface area contributed by atoms with E-state index >= 15 is 0 Å². The van der Waals surface area contributed by atoms with E-state index in [2.05, 4.69) is 42.6 Å². The summed E-state index contributed by atoms with van der Waals surface area (Å²) in [5.41, 5.74) is 5.12. The van der Waals surface area contributed by atoms with Crippen molar-refractivity contribution in [3.63, 3.8) is 0 Å². The third-order valence-corrected chi connectivity index (χ3v) is 5.39. The van der Waals surface area contributed by atoms with Gasteiger partial charge in [0.2, 0.25) is 0 Å². The van der Waals surface area contributed by atoms with Gasteiger partial charge in [-0.15, -0.1) is 0 Å². The molecule has 0 radical (unpaired) electrons. The summed E-state index contributed by atoms with van der Waals surface area (Å²) in [6.45, 7) is 2.16. The van der Waals surface area contributed by atoms with Crippen molar-refractivity contribution in [2.45, 2.75) is 31.7 Å². The SMILES string of the molecule is CCc1cccc2c1N[C@H](c1ccccc1C(=O)O)[C@H]1CC=C[C@@H]21. The van der Waals surface area contributed by atoms with Crippen LogP contribution < -0.4 is 5.32 Å². The summed E-state index contributed by atoms with van der Waals surface area (Å²) < 4.78 is 0. The van der Waals surface area contributed by atoms with Crippen LogP contribution in [-0.2, 0) is 6.42 Å². The van der Waals surface area contributed by atoms with Crippen LogP contribution in [0.4, 0.5) is 5.69 Å². The number of para-hydroxylation sites is 1. The summed E-state index contributed by atoms with van der Waals surface area (Å²) in [5, 5.41) is 13.3. The molecule has 0 amide bonds. The largest absolute Gasteiger partial charge is 0.478 e. The van der Waals surface area contributed by atoms with Crippen molar-refractivity contribution in [2.24, 2.45) is 5.92 Å². The van der Waals surface area contributed by atoms with Crippen LogP contribution in [0.15, 0.2) is 54.6 Å². The van der Waals surface area contributed by atoms with Crippen LogP contribution in [0.5, 0.6) is 0 Å². The van der Waals surface area contributed by atoms with Crippen molar-refractivity contribution in [3.8, 4) is 0 Å². The molecule has 0 aromatic heterocycles. The van der Waals surface area contributed by atoms with Crippen LogP contribution in [0.25, 0.3) is 0 Å². The molecule has 1 aliphatic carbocycles. The van der Waals surface area contributed by atoms with Crippen molar-refractivity contribution in [1.29, 1.82) is 0 Å². The molecular weight excluding hydrogens is 298 g/mol. The van der Waals surface area contributed by atoms with Gasteiger partial charge in [0.05, 0.1) is 11.6 Å². The molecule has 0 fully saturated rings. The topological polar surface area (TPSA) is 49.3 Å². The van der Waals surface area contributed by atoms with E-state index in [0.29, 0.717) is 17.4 Å². The van der Waals surface area contributed by atoms with Gasteiger partial charge < -0.3 is 10.4 Å². The molecule has 24 heavy (non-hydrogen) atoms. The van der Waals surface area contributed by atoms with Crippen molar-refractivity contribution in [1.82, 2.24) is 0 Å². The van der Waals surface area contributed by atoms with Gasteiger partial charge in [0, 0.05) is 11.6 Å². The maximum atomic E-state index is 11.7. The van der Waals surface area contributed by atoms with Crippen LogP contribution >= 0.6 is 0 Å². The Morgan fingerprint density at radius 2 is 1.96 bits per heavy atom. The van der Waals surface area contributed by atoms with E-state index in [1.165, 1.54) is 16.8 Å². The lowest BCUT2D eigenvalue weighted by atomic mass is 9.75. The monoisotopic (exact) mass is 319 g/mol. The van der Waals surface area contributed by atoms with Gasteiger partial charge in [-0.1, -0.05) is 55.5 Å². The fourth-order valence-electron chi connectivity index (χ4n) is 4.25. The number of hydrogen-bond donors (Lipinski definition) is 2. The van der Waals surface area contributed by atoms with Gasteiger partial charge in [0.25, 0.3) is 0 Å². The minimum atomic E-state index is -0.857. The number of carbonyl (C=O) groups is 1. The number of rotatable bonds is 3. The highest BCUT2D eigenvalue weighted by atomic mass is 16.4. The number of carboxylic acids is 1. The van der Waals surface area contributed by atoms with Crippen LogP contribution in [0, 0.1) is 5.92 Å². The number of carboxylic acid groups (broad SMARTS) is 1. The number of aryl methyl sites for hydroxylation is 1. The molecule has 3 atom stereocenters. The van der Waals surface area contributed by atoms with Crippen molar-refractivity contribution in [3.05, 3.63) is 76.9 Å². The Bertz CT molecular complexity index is 824. The van der Waals surface area contributed by atoms with E-state index < -0.39 is 5.97 Å². The third-order valence-electron chi connectivity index (χ3n) is 5.39. The predicted molar refractivity (Wildman–Crippen MR) is 95.6 cm³/mol. The summed E-state index contributed by atoms with van der Waals surface area (Å²) in [6, 6.07) is 13.9. The molecule has 1 heterocycles. The third kappa shape index (κ3) is 2.23. The molecule has 1 aliphatic heterocycles. The first kappa shape index (κ1) is 15.0. The van der Waals surface area contributed by atoms with Gasteiger partial charge in [0.15, 0.2) is 0 Å². The highest BCUT2D eigenvalue weighted by molar-refractivity contribution is 5.90. The van der Waals surface area contributed by atoms with Gasteiger partial charge in [-0.25, -0.2) is 4.79 Å². The van der Waals surface area contributed by atoms with E-state index in [4.69, 9.17) is 0 Å². The molecule has 2 aromatic carbocycles. The minimum Gasteiger partial charge on any atom is -0.478 e. The number of allylic oxidation sites excluding steroid dienone is 2. The molecule has 0 bridgehead atoms. The molecular formula is C21H21NO2. The Morgan fingerprint density at radius 3 is 2.75 bits per heavy atom. The second-order valence-corrected chi connectivity index (χ2v) is 6.60. The fourth-order valence-corrected chi connectivity index (χ4v) is 4.25. The second-order valence-electron chi connectivity index (χ2n) is 6.60. The summed E-state index contributed by atoms with van der Waals surface area (Å²) in [4.78, 5) is 11.7. The zero-order chi connectivity index (χ0) is 16.7. The highest BCUT2D eigenvalue weighted by Crippen LogP contribution is 2.51. The fraction of sp³-hybridized carbons (Fsp3) is 0.286. The Kier molecular flexibility index (Phi) is 3.64. The lowest BCUT2D eigenvalue weighted by Crippen LogP contribution is -2.31. The van der Waals surface area contributed by atoms with E-state index in [1.807, 2.05) is 12.1 Å². The van der Waals surface area contributed by atoms with Crippen LogP contribution in [0.2, 0.25) is 0 Å². The normalized spacial score (nSPS) is 24.1. The molecule has 3 heteroatoms. The average molecular weight is 319 g/mol. The van der Waals surface area contributed by atoms with E-state index in [-0.39, 0.29) is 6.04 Å². The Balaban J connectivity index is 1.86. The number of nitrogens with one attached hydrogen (secondary N) is 1. The molecule has 0 saturated carbocycles. The van der Waals surface area contributed by atoms with E-state index in [9.17, 15) is 9.90 Å². The van der Waals surface area contributed by atoms with Gasteiger partial charge in [-0.2, -0.15) is 0 Å². The summed E-state index contributed by atoms with van der Waals surface area (Å²) in [6.07, 6.45) is 6.47. The average Bonchev–Trinajstić information content (AvgIpc) is 3.10. The van der Waals surface area contributed by atoms with Crippen molar-refractivity contribution >= 4 is 11.7 Å². The Morgan fingerprint density at radius 1 is 1.17 bits per heavy atom. The number of benzene rings is 2. The number of fused-ring (bicyclic) bond motifs is 3. The number of aromatic carboxylic acids is 1. The summed E-state index contributed by atoms with van der Waals surface area (Å²) in [7, 11) is 0. The first-order valence-corrected chi connectivity index (χ1v) is 8.58. The van der Waals surface area contributed by atoms with Crippen molar-refractivity contribution in [2.75, 3.05) is 5.32 Å². The van der Waals surface area contributed by atoms with Crippen molar-refractivity contribution < 1.29 is 9.90 Å². The van der Waals surface area contributed by atoms with Gasteiger partial charge >= 0.3 is 5.97 Å². The quantitative estimate of drug-likeness (QED) is 0.801. The van der Waals surface area contributed by atoms with Crippen LogP contribution in [0.1, 0.15) is 52.4 Å². The first-order valence-electron chi connectivity index (χ1n) is 8.58. The molecule has 122 valence electrons. The van der Waals surface area contributed by atoms with Crippen LogP contribution in [0.3, 0.4) is 0 Å². The van der Waals surface area contributed by atoms with E-state index in [0.717, 1.165) is 18.4 Å². The lowest BCUT2D eigenvalue weighted by molar-refractivity contribution is 0.0694. The predicted octanol–water partition coefficient (Wildman–Crippen LogP) is 4.77. The first-order chi connectivity index (χ1) is 11.7. The summed E-state index contributed by atoms with van der Waals surface area (Å²) in [5.74, 6) is -0.130. The number of hydrogen-bond acceptors (Lipinski definition) is 2. The highest BCUT2D eigenvalue weighted by Gasteiger charge is 2.39. The molecule has 0 spiro atoms. The Labute approximate surface area is 142 Å². The van der Waals surface area contributed by atoms with Crippen LogP contribution in [-0.4, -0.2) is 11.1 Å². The van der Waals surface area contributed by atoms with E-state index in [1.54, 1.807) is 12.1 Å². The molecule has 0 saturated heterocycles. The molecule has 2 N–H and O–H groups in total. The zero-order valence-corrected chi connectivity index (χ0v) is 13.7. The molecule has 4 rings (SSSR count). The summed E-state index contributed by atoms with van der Waals surface area (Å²) >= 11 is 0. The molecule has 3 nitrogen and oxygen atoms in total. The minimum absolute atomic E-state index is 0.0255. The molecule has 2 aliphatic rings. The van der Waals surface area contributed by atoms with Gasteiger partial charge in [-0.05, 0) is 41.5 Å². The molecule has 0 unspecified atom stereocenters. The number of anilines is 1. The lowest BCUT2D eigenvalue weighted by Gasteiger charge is -2.39. The maximum Gasteiger partial charge on any atom is 0.336 e. The Hall–Kier alpha value is -2.55. The maximum absolute atomic E-state index is 11.7. The second kappa shape index (κ2) is 5.82. The van der Waals surface area contributed by atoms with Gasteiger partial charge in [-0.3, -0.25) is 0 Å². The smallest absolute Gasteiger partial charge is 0.336 e. The molecule has 2 aromatic rings. The zero-order valence-electron chi connectivity index (χ0n) is 13.7. The van der Waals surface area contributed by atoms with Gasteiger partial charge in [0.1, 0.15) is 0 Å².